The Bertz CT molecular complexity index is 748. The summed E-state index contributed by atoms with van der Waals surface area (Å²) in [6.45, 7) is 3.15. The molecule has 1 aromatic carbocycles. The summed E-state index contributed by atoms with van der Waals surface area (Å²) in [6.07, 6.45) is 1.50. The normalized spacial score (nSPS) is 19.5. The predicted molar refractivity (Wildman–Crippen MR) is 79.5 cm³/mol. The van der Waals surface area contributed by atoms with Gasteiger partial charge in [-0.2, -0.15) is 4.74 Å². The van der Waals surface area contributed by atoms with Crippen LogP contribution in [0.15, 0.2) is 42.6 Å². The fraction of sp³-hybridized carbons (Fsp3) is 0.133. The number of rotatable bonds is 3. The van der Waals surface area contributed by atoms with Gasteiger partial charge in [0, 0.05) is 12.3 Å². The summed E-state index contributed by atoms with van der Waals surface area (Å²) in [5.74, 6) is -0.747. The van der Waals surface area contributed by atoms with Crippen molar-refractivity contribution in [2.75, 3.05) is 11.9 Å². The minimum atomic E-state index is -1.57. The monoisotopic (exact) mass is 299 g/mol. The van der Waals surface area contributed by atoms with Crippen molar-refractivity contribution in [2.45, 2.75) is 5.54 Å². The molecule has 1 aliphatic rings. The summed E-state index contributed by atoms with van der Waals surface area (Å²) in [5.41, 5.74) is -0.796. The number of nitrogens with zero attached hydrogens (tertiary/aromatic N) is 2. The number of ether oxygens (including phenoxy) is 1. The van der Waals surface area contributed by atoms with Crippen LogP contribution < -0.4 is 10.1 Å². The standard InChI is InChI=1S/C15H13N3O4/c1-18(21)10-5-4-6-11-13(10)17-15(9-22-11,14(19)20)12-7-2-3-8-16-12/h2-8,17H,1,9H2,(H,19,20). The topological polar surface area (TPSA) is 97.5 Å². The van der Waals surface area contributed by atoms with E-state index in [2.05, 4.69) is 17.0 Å². The minimum Gasteiger partial charge on any atom is -0.619 e. The Balaban J connectivity index is 2.15. The average molecular weight is 299 g/mol. The van der Waals surface area contributed by atoms with Crippen LogP contribution in [0.5, 0.6) is 5.75 Å². The van der Waals surface area contributed by atoms with Crippen molar-refractivity contribution in [3.8, 4) is 5.75 Å². The zero-order valence-corrected chi connectivity index (χ0v) is 11.5. The molecule has 22 heavy (non-hydrogen) atoms. The molecule has 0 aliphatic carbocycles. The van der Waals surface area contributed by atoms with Gasteiger partial charge in [-0.05, 0) is 18.2 Å². The molecule has 0 fully saturated rings. The summed E-state index contributed by atoms with van der Waals surface area (Å²) in [6, 6.07) is 9.80. The molecule has 2 aromatic rings. The number of carboxylic acids is 1. The van der Waals surface area contributed by atoms with E-state index >= 15 is 0 Å². The molecule has 112 valence electrons. The Morgan fingerprint density at radius 2 is 2.23 bits per heavy atom. The van der Waals surface area contributed by atoms with Crippen LogP contribution in [-0.2, 0) is 10.3 Å². The van der Waals surface area contributed by atoms with Gasteiger partial charge < -0.3 is 20.4 Å². The van der Waals surface area contributed by atoms with Gasteiger partial charge in [0.05, 0.1) is 5.69 Å². The van der Waals surface area contributed by atoms with E-state index in [9.17, 15) is 15.1 Å². The summed E-state index contributed by atoms with van der Waals surface area (Å²) in [5, 5.41) is 24.2. The zero-order chi connectivity index (χ0) is 15.7. The molecule has 0 radical (unpaired) electrons. The van der Waals surface area contributed by atoms with Crippen molar-refractivity contribution in [3.05, 3.63) is 53.5 Å². The third kappa shape index (κ3) is 2.03. The molecule has 7 heteroatoms. The number of aliphatic carboxylic acids is 1. The van der Waals surface area contributed by atoms with E-state index < -0.39 is 11.5 Å². The Morgan fingerprint density at radius 1 is 1.41 bits per heavy atom. The van der Waals surface area contributed by atoms with Crippen molar-refractivity contribution < 1.29 is 19.4 Å². The third-order valence-corrected chi connectivity index (χ3v) is 3.52. The molecular weight excluding hydrogens is 286 g/mol. The molecule has 7 nitrogen and oxygen atoms in total. The second kappa shape index (κ2) is 5.03. The zero-order valence-electron chi connectivity index (χ0n) is 11.5. The molecule has 2 N–H and O–H groups in total. The van der Waals surface area contributed by atoms with E-state index in [0.717, 1.165) is 0 Å². The quantitative estimate of drug-likeness (QED) is 0.387. The lowest BCUT2D eigenvalue weighted by atomic mass is 9.93. The van der Waals surface area contributed by atoms with Crippen LogP contribution in [0.2, 0.25) is 0 Å². The van der Waals surface area contributed by atoms with Gasteiger partial charge in [0.2, 0.25) is 11.2 Å². The van der Waals surface area contributed by atoms with E-state index in [1.54, 1.807) is 30.3 Å². The number of anilines is 1. The summed E-state index contributed by atoms with van der Waals surface area (Å²) < 4.78 is 5.98. The number of carbonyl (C=O) groups is 1. The number of aromatic nitrogens is 1. The van der Waals surface area contributed by atoms with Crippen LogP contribution in [0.4, 0.5) is 11.4 Å². The first kappa shape index (κ1) is 13.9. The SMILES string of the molecule is C=[N+]([O-])c1cccc2c1NC(C(=O)O)(c1ccccn1)CO2. The van der Waals surface area contributed by atoms with Crippen LogP contribution in [0.25, 0.3) is 0 Å². The fourth-order valence-corrected chi connectivity index (χ4v) is 2.39. The molecule has 0 spiro atoms. The number of para-hydroxylation sites is 1. The lowest BCUT2D eigenvalue weighted by Crippen LogP contribution is -2.51. The van der Waals surface area contributed by atoms with Crippen molar-refractivity contribution >= 4 is 24.1 Å². The van der Waals surface area contributed by atoms with Gasteiger partial charge >= 0.3 is 5.97 Å². The molecule has 3 rings (SSSR count). The Labute approximate surface area is 126 Å². The highest BCUT2D eigenvalue weighted by atomic mass is 16.5. The first-order valence-electron chi connectivity index (χ1n) is 6.51. The second-order valence-corrected chi connectivity index (χ2v) is 4.87. The second-order valence-electron chi connectivity index (χ2n) is 4.87. The number of benzene rings is 1. The lowest BCUT2D eigenvalue weighted by Gasteiger charge is -2.35. The molecule has 0 amide bonds. The number of hydrogen-bond donors (Lipinski definition) is 2. The summed E-state index contributed by atoms with van der Waals surface area (Å²) in [4.78, 5) is 16.0. The smallest absolute Gasteiger partial charge is 0.339 e. The number of carboxylic acid groups (broad SMARTS) is 1. The Morgan fingerprint density at radius 3 is 2.86 bits per heavy atom. The maximum Gasteiger partial charge on any atom is 0.339 e. The van der Waals surface area contributed by atoms with Crippen molar-refractivity contribution in [1.82, 2.24) is 4.98 Å². The summed E-state index contributed by atoms with van der Waals surface area (Å²) in [7, 11) is 0. The number of pyridine rings is 1. The van der Waals surface area contributed by atoms with Crippen LogP contribution in [-0.4, -0.2) is 34.1 Å². The van der Waals surface area contributed by atoms with Gasteiger partial charge in [0.25, 0.3) is 0 Å². The van der Waals surface area contributed by atoms with E-state index in [1.165, 1.54) is 12.3 Å². The van der Waals surface area contributed by atoms with Crippen molar-refractivity contribution in [3.63, 3.8) is 0 Å². The number of nitrogens with one attached hydrogen (secondary N) is 1. The van der Waals surface area contributed by atoms with Gasteiger partial charge in [0.1, 0.15) is 19.1 Å². The van der Waals surface area contributed by atoms with Gasteiger partial charge in [-0.25, -0.2) is 4.79 Å². The van der Waals surface area contributed by atoms with Crippen molar-refractivity contribution in [2.24, 2.45) is 0 Å². The average Bonchev–Trinajstić information content (AvgIpc) is 2.54. The largest absolute Gasteiger partial charge is 0.619 e. The fourth-order valence-electron chi connectivity index (χ4n) is 2.39. The van der Waals surface area contributed by atoms with E-state index in [-0.39, 0.29) is 18.0 Å². The third-order valence-electron chi connectivity index (χ3n) is 3.52. The Kier molecular flexibility index (Phi) is 3.17. The first-order chi connectivity index (χ1) is 10.5. The van der Waals surface area contributed by atoms with Crippen LogP contribution in [0.3, 0.4) is 0 Å². The molecular formula is C15H13N3O4. The van der Waals surface area contributed by atoms with Crippen LogP contribution in [0.1, 0.15) is 5.69 Å². The van der Waals surface area contributed by atoms with Gasteiger partial charge in [-0.1, -0.05) is 12.1 Å². The number of fused-ring (bicyclic) bond motifs is 1. The van der Waals surface area contributed by atoms with Gasteiger partial charge in [-0.3, -0.25) is 4.98 Å². The predicted octanol–water partition coefficient (Wildman–Crippen LogP) is 1.71. The molecule has 1 aliphatic heterocycles. The van der Waals surface area contributed by atoms with Gasteiger partial charge in [0.15, 0.2) is 5.69 Å². The van der Waals surface area contributed by atoms with Gasteiger partial charge in [-0.15, -0.1) is 0 Å². The van der Waals surface area contributed by atoms with Crippen molar-refractivity contribution in [1.29, 1.82) is 0 Å². The highest BCUT2D eigenvalue weighted by Crippen LogP contribution is 2.42. The molecule has 2 heterocycles. The van der Waals surface area contributed by atoms with Crippen LogP contribution >= 0.6 is 0 Å². The minimum absolute atomic E-state index is 0.147. The summed E-state index contributed by atoms with van der Waals surface area (Å²) >= 11 is 0. The maximum atomic E-state index is 11.9. The molecule has 0 saturated carbocycles. The van der Waals surface area contributed by atoms with Crippen LogP contribution in [0, 0.1) is 5.21 Å². The Hall–Kier alpha value is -3.09. The van der Waals surface area contributed by atoms with E-state index in [0.29, 0.717) is 16.2 Å². The molecule has 1 atom stereocenters. The van der Waals surface area contributed by atoms with E-state index in [4.69, 9.17) is 4.74 Å². The molecule has 0 saturated heterocycles. The first-order valence-corrected chi connectivity index (χ1v) is 6.51. The highest BCUT2D eigenvalue weighted by molar-refractivity contribution is 5.88. The molecule has 1 aromatic heterocycles. The molecule has 1 unspecified atom stereocenters. The number of hydrogen-bond acceptors (Lipinski definition) is 5. The highest BCUT2D eigenvalue weighted by Gasteiger charge is 2.47. The lowest BCUT2D eigenvalue weighted by molar-refractivity contribution is -0.349. The molecule has 0 bridgehead atoms. The maximum absolute atomic E-state index is 11.9. The van der Waals surface area contributed by atoms with E-state index in [1.807, 2.05) is 0 Å².